The van der Waals surface area contributed by atoms with E-state index in [2.05, 4.69) is 5.32 Å². The molecule has 1 N–H and O–H groups in total. The van der Waals surface area contributed by atoms with Crippen LogP contribution in [0.1, 0.15) is 15.9 Å². The fourth-order valence-electron chi connectivity index (χ4n) is 3.24. The average molecular weight is 438 g/mol. The van der Waals surface area contributed by atoms with E-state index in [-0.39, 0.29) is 11.6 Å². The fourth-order valence-corrected chi connectivity index (χ4v) is 4.28. The van der Waals surface area contributed by atoms with Crippen LogP contribution in [0.5, 0.6) is 0 Å². The van der Waals surface area contributed by atoms with Crippen molar-refractivity contribution in [3.63, 3.8) is 0 Å². The quantitative estimate of drug-likeness (QED) is 0.475. The number of hydrogen-bond acceptors (Lipinski definition) is 3. The molecule has 4 rings (SSSR count). The lowest BCUT2D eigenvalue weighted by atomic mass is 10.1. The predicted molar refractivity (Wildman–Crippen MR) is 123 cm³/mol. The minimum atomic E-state index is -0.201. The smallest absolute Gasteiger partial charge is 0.321 e. The van der Waals surface area contributed by atoms with Crippen LogP contribution in [0.2, 0.25) is 5.02 Å². The summed E-state index contributed by atoms with van der Waals surface area (Å²) in [5.41, 5.74) is 3.74. The molecular formula is C23H20ClN3O2S. The Kier molecular flexibility index (Phi) is 5.45. The Labute approximate surface area is 183 Å². The number of imidazole rings is 1. The molecule has 3 aromatic carbocycles. The molecule has 7 heteroatoms. The van der Waals surface area contributed by atoms with Crippen molar-refractivity contribution in [2.75, 3.05) is 5.32 Å². The van der Waals surface area contributed by atoms with Crippen LogP contribution in [-0.2, 0) is 14.1 Å². The number of halogens is 1. The van der Waals surface area contributed by atoms with Gasteiger partial charge in [0.25, 0.3) is 5.91 Å². The lowest BCUT2D eigenvalue weighted by Gasteiger charge is -2.13. The monoisotopic (exact) mass is 437 g/mol. The first-order valence-corrected chi connectivity index (χ1v) is 10.5. The molecule has 4 aromatic rings. The van der Waals surface area contributed by atoms with Crippen LogP contribution in [0.4, 0.5) is 5.69 Å². The van der Waals surface area contributed by atoms with Crippen molar-refractivity contribution in [2.24, 2.45) is 14.1 Å². The number of anilines is 1. The Hall–Kier alpha value is -2.96. The van der Waals surface area contributed by atoms with Crippen molar-refractivity contribution in [1.82, 2.24) is 9.13 Å². The molecule has 0 saturated carbocycles. The Morgan fingerprint density at radius 1 is 0.933 bits per heavy atom. The molecule has 0 fully saturated rings. The summed E-state index contributed by atoms with van der Waals surface area (Å²) in [7, 11) is 3.47. The highest BCUT2D eigenvalue weighted by Gasteiger charge is 2.16. The van der Waals surface area contributed by atoms with Gasteiger partial charge in [-0.1, -0.05) is 41.1 Å². The van der Waals surface area contributed by atoms with Gasteiger partial charge in [-0.05, 0) is 55.5 Å². The van der Waals surface area contributed by atoms with Gasteiger partial charge in [-0.3, -0.25) is 13.9 Å². The van der Waals surface area contributed by atoms with Crippen LogP contribution < -0.4 is 11.0 Å². The van der Waals surface area contributed by atoms with Gasteiger partial charge in [0.2, 0.25) is 0 Å². The van der Waals surface area contributed by atoms with Gasteiger partial charge in [0, 0.05) is 34.5 Å². The largest absolute Gasteiger partial charge is 0.328 e. The summed E-state index contributed by atoms with van der Waals surface area (Å²) >= 11 is 7.51. The molecule has 5 nitrogen and oxygen atoms in total. The minimum Gasteiger partial charge on any atom is -0.321 e. The summed E-state index contributed by atoms with van der Waals surface area (Å²) in [4.78, 5) is 27.1. The third-order valence-electron chi connectivity index (χ3n) is 4.98. The summed E-state index contributed by atoms with van der Waals surface area (Å²) in [5, 5.41) is 3.68. The summed E-state index contributed by atoms with van der Waals surface area (Å²) in [5.74, 6) is -0.201. The standard InChI is InChI=1S/C23H20ClN3O2S/c1-14-4-6-15(7-5-14)22(28)25-18-12-19-20(27(3)23(29)26(19)2)13-21(18)30-17-10-8-16(24)9-11-17/h4-13H,1-3H3,(H,25,28). The van der Waals surface area contributed by atoms with Gasteiger partial charge in [-0.2, -0.15) is 0 Å². The lowest BCUT2D eigenvalue weighted by Crippen LogP contribution is -2.19. The van der Waals surface area contributed by atoms with E-state index in [9.17, 15) is 9.59 Å². The summed E-state index contributed by atoms with van der Waals surface area (Å²) in [6.45, 7) is 1.98. The molecule has 1 heterocycles. The summed E-state index contributed by atoms with van der Waals surface area (Å²) in [6.07, 6.45) is 0. The molecule has 0 aliphatic heterocycles. The topological polar surface area (TPSA) is 56.0 Å². The van der Waals surface area contributed by atoms with Crippen LogP contribution >= 0.6 is 23.4 Å². The second-order valence-corrected chi connectivity index (χ2v) is 8.67. The summed E-state index contributed by atoms with van der Waals surface area (Å²) in [6, 6.07) is 18.7. The van der Waals surface area contributed by atoms with E-state index in [0.717, 1.165) is 26.4 Å². The van der Waals surface area contributed by atoms with Crippen molar-refractivity contribution in [3.05, 3.63) is 87.3 Å². The highest BCUT2D eigenvalue weighted by atomic mass is 35.5. The normalized spacial score (nSPS) is 11.1. The molecule has 0 saturated heterocycles. The van der Waals surface area contributed by atoms with Gasteiger partial charge in [0.1, 0.15) is 0 Å². The highest BCUT2D eigenvalue weighted by molar-refractivity contribution is 7.99. The molecular weight excluding hydrogens is 418 g/mol. The molecule has 0 aliphatic rings. The zero-order valence-electron chi connectivity index (χ0n) is 16.8. The van der Waals surface area contributed by atoms with Crippen LogP contribution in [-0.4, -0.2) is 15.0 Å². The molecule has 1 amide bonds. The third kappa shape index (κ3) is 3.88. The number of benzene rings is 3. The first kappa shape index (κ1) is 20.3. The zero-order chi connectivity index (χ0) is 21.4. The van der Waals surface area contributed by atoms with E-state index in [1.165, 1.54) is 11.8 Å². The summed E-state index contributed by atoms with van der Waals surface area (Å²) < 4.78 is 3.18. The van der Waals surface area contributed by atoms with Gasteiger partial charge in [0.05, 0.1) is 16.7 Å². The predicted octanol–water partition coefficient (Wildman–Crippen LogP) is 5.24. The highest BCUT2D eigenvalue weighted by Crippen LogP contribution is 2.37. The molecule has 152 valence electrons. The number of hydrogen-bond donors (Lipinski definition) is 1. The first-order valence-electron chi connectivity index (χ1n) is 9.34. The molecule has 0 aliphatic carbocycles. The molecule has 0 bridgehead atoms. The number of aromatic nitrogens is 2. The maximum atomic E-state index is 12.9. The van der Waals surface area contributed by atoms with Crippen LogP contribution in [0, 0.1) is 6.92 Å². The van der Waals surface area contributed by atoms with Crippen molar-refractivity contribution in [1.29, 1.82) is 0 Å². The maximum Gasteiger partial charge on any atom is 0.328 e. The zero-order valence-corrected chi connectivity index (χ0v) is 18.3. The molecule has 1 aromatic heterocycles. The van der Waals surface area contributed by atoms with Crippen LogP contribution in [0.25, 0.3) is 11.0 Å². The Morgan fingerprint density at radius 2 is 1.53 bits per heavy atom. The van der Waals surface area contributed by atoms with Crippen molar-refractivity contribution < 1.29 is 4.79 Å². The van der Waals surface area contributed by atoms with E-state index in [4.69, 9.17) is 11.6 Å². The second kappa shape index (κ2) is 8.05. The maximum absolute atomic E-state index is 12.9. The van der Waals surface area contributed by atoms with E-state index in [1.54, 1.807) is 35.4 Å². The number of rotatable bonds is 4. The third-order valence-corrected chi connectivity index (χ3v) is 6.29. The van der Waals surface area contributed by atoms with E-state index in [0.29, 0.717) is 16.3 Å². The van der Waals surface area contributed by atoms with Crippen molar-refractivity contribution in [3.8, 4) is 0 Å². The average Bonchev–Trinajstić information content (AvgIpc) is 2.94. The molecule has 0 radical (unpaired) electrons. The number of amides is 1. The van der Waals surface area contributed by atoms with Gasteiger partial charge in [-0.25, -0.2) is 4.79 Å². The van der Waals surface area contributed by atoms with Crippen molar-refractivity contribution >= 4 is 46.0 Å². The SMILES string of the molecule is Cc1ccc(C(=O)Nc2cc3c(cc2Sc2ccc(Cl)cc2)n(C)c(=O)n3C)cc1. The van der Waals surface area contributed by atoms with E-state index < -0.39 is 0 Å². The van der Waals surface area contributed by atoms with Gasteiger partial charge >= 0.3 is 5.69 Å². The van der Waals surface area contributed by atoms with Gasteiger partial charge in [0.15, 0.2) is 0 Å². The molecule has 0 atom stereocenters. The second-order valence-electron chi connectivity index (χ2n) is 7.11. The van der Waals surface area contributed by atoms with Gasteiger partial charge < -0.3 is 5.32 Å². The number of fused-ring (bicyclic) bond motifs is 1. The Balaban J connectivity index is 1.79. The minimum absolute atomic E-state index is 0.116. The van der Waals surface area contributed by atoms with E-state index >= 15 is 0 Å². The first-order chi connectivity index (χ1) is 14.3. The Bertz CT molecular complexity index is 1310. The fraction of sp³-hybridized carbons (Fsp3) is 0.130. The molecule has 0 unspecified atom stereocenters. The Morgan fingerprint density at radius 3 is 2.17 bits per heavy atom. The van der Waals surface area contributed by atoms with Gasteiger partial charge in [-0.15, -0.1) is 0 Å². The van der Waals surface area contributed by atoms with Crippen LogP contribution in [0.3, 0.4) is 0 Å². The van der Waals surface area contributed by atoms with E-state index in [1.807, 2.05) is 55.5 Å². The van der Waals surface area contributed by atoms with Crippen molar-refractivity contribution in [2.45, 2.75) is 16.7 Å². The molecule has 0 spiro atoms. The van der Waals surface area contributed by atoms with Crippen LogP contribution in [0.15, 0.2) is 75.2 Å². The number of nitrogens with zero attached hydrogens (tertiary/aromatic N) is 2. The number of carbonyl (C=O) groups is 1. The number of nitrogens with one attached hydrogen (secondary N) is 1. The lowest BCUT2D eigenvalue weighted by molar-refractivity contribution is 0.102. The molecule has 30 heavy (non-hydrogen) atoms. The number of aryl methyl sites for hydroxylation is 3. The number of carbonyl (C=O) groups excluding carboxylic acids is 1.